The summed E-state index contributed by atoms with van der Waals surface area (Å²) in [6, 6.07) is 8.16. The minimum Gasteiger partial charge on any atom is -0.337 e. The third-order valence-corrected chi connectivity index (χ3v) is 3.62. The van der Waals surface area contributed by atoms with Crippen LogP contribution < -0.4 is 5.49 Å². The molecular weight excluding hydrogens is 260 g/mol. The molecule has 0 aliphatic heterocycles. The van der Waals surface area contributed by atoms with Crippen LogP contribution in [0.1, 0.15) is 46.6 Å². The lowest BCUT2D eigenvalue weighted by atomic mass is 10.1. The van der Waals surface area contributed by atoms with Crippen molar-refractivity contribution in [1.82, 2.24) is 4.98 Å². The van der Waals surface area contributed by atoms with Crippen LogP contribution in [0.25, 0.3) is 0 Å². The lowest BCUT2D eigenvalue weighted by molar-refractivity contribution is 0.101. The molecule has 0 aliphatic rings. The number of Topliss-reactive ketones (excluding diaryl/α,β-unsaturated/α-hetero) is 1. The summed E-state index contributed by atoms with van der Waals surface area (Å²) in [6.07, 6.45) is 0.828. The number of pyridine rings is 1. The van der Waals surface area contributed by atoms with Crippen molar-refractivity contribution in [3.05, 3.63) is 57.7 Å². The highest BCUT2D eigenvalue weighted by Crippen LogP contribution is 2.24. The fraction of sp³-hybridized carbons (Fsp3) is 0.333. The topological polar surface area (TPSA) is 45.2 Å². The van der Waals surface area contributed by atoms with Crippen molar-refractivity contribution < 1.29 is 4.79 Å². The summed E-state index contributed by atoms with van der Waals surface area (Å²) in [5.41, 5.74) is 6.89. The fourth-order valence-electron chi connectivity index (χ4n) is 2.66. The Morgan fingerprint density at radius 2 is 1.76 bits per heavy atom. The van der Waals surface area contributed by atoms with Crippen LogP contribution in [-0.2, 0) is 6.42 Å². The number of aryl methyl sites for hydroxylation is 4. The zero-order chi connectivity index (χ0) is 15.6. The quantitative estimate of drug-likeness (QED) is 0.852. The van der Waals surface area contributed by atoms with E-state index in [2.05, 4.69) is 37.9 Å². The van der Waals surface area contributed by atoms with Crippen LogP contribution in [0.15, 0.2) is 29.3 Å². The van der Waals surface area contributed by atoms with Crippen LogP contribution in [-0.4, -0.2) is 10.8 Å². The maximum Gasteiger partial charge on any atom is 0.176 e. The molecule has 0 saturated carbocycles. The number of ketones is 1. The fourth-order valence-corrected chi connectivity index (χ4v) is 2.66. The van der Waals surface area contributed by atoms with Gasteiger partial charge in [-0.2, -0.15) is 0 Å². The van der Waals surface area contributed by atoms with Crippen LogP contribution in [0.5, 0.6) is 0 Å². The summed E-state index contributed by atoms with van der Waals surface area (Å²) in [6.45, 7) is 9.83. The number of carbonyl (C=O) groups is 1. The summed E-state index contributed by atoms with van der Waals surface area (Å²) in [7, 11) is 0. The van der Waals surface area contributed by atoms with Crippen LogP contribution in [0.4, 0.5) is 5.69 Å². The monoisotopic (exact) mass is 282 g/mol. The number of H-pyrrole nitrogens is 1. The summed E-state index contributed by atoms with van der Waals surface area (Å²) >= 11 is 0. The maximum atomic E-state index is 11.7. The number of hydrogen-bond donors (Lipinski definition) is 1. The van der Waals surface area contributed by atoms with Crippen molar-refractivity contribution in [2.45, 2.75) is 41.0 Å². The molecule has 110 valence electrons. The largest absolute Gasteiger partial charge is 0.337 e. The van der Waals surface area contributed by atoms with E-state index in [0.29, 0.717) is 11.2 Å². The second kappa shape index (κ2) is 6.08. The van der Waals surface area contributed by atoms with Crippen LogP contribution in [0.3, 0.4) is 0 Å². The van der Waals surface area contributed by atoms with E-state index < -0.39 is 0 Å². The van der Waals surface area contributed by atoms with Crippen molar-refractivity contribution in [3.8, 4) is 0 Å². The third-order valence-electron chi connectivity index (χ3n) is 3.62. The van der Waals surface area contributed by atoms with Crippen molar-refractivity contribution >= 4 is 11.5 Å². The van der Waals surface area contributed by atoms with Crippen LogP contribution >= 0.6 is 0 Å². The Balaban J connectivity index is 2.62. The smallest absolute Gasteiger partial charge is 0.176 e. The lowest BCUT2D eigenvalue weighted by Crippen LogP contribution is -2.14. The number of hydrogen-bond acceptors (Lipinski definition) is 2. The van der Waals surface area contributed by atoms with E-state index in [1.807, 2.05) is 19.1 Å². The average Bonchev–Trinajstić information content (AvgIpc) is 2.42. The molecule has 0 atom stereocenters. The van der Waals surface area contributed by atoms with E-state index in [1.165, 1.54) is 5.56 Å². The van der Waals surface area contributed by atoms with Gasteiger partial charge in [0.2, 0.25) is 0 Å². The second-order valence-electron chi connectivity index (χ2n) is 5.51. The summed E-state index contributed by atoms with van der Waals surface area (Å²) in [5.74, 6) is 0.0428. The molecule has 21 heavy (non-hydrogen) atoms. The van der Waals surface area contributed by atoms with Gasteiger partial charge in [-0.15, -0.1) is 0 Å². The predicted molar refractivity (Wildman–Crippen MR) is 86.1 cm³/mol. The molecule has 1 aromatic heterocycles. The molecule has 0 radical (unpaired) electrons. The highest BCUT2D eigenvalue weighted by molar-refractivity contribution is 5.93. The van der Waals surface area contributed by atoms with E-state index in [0.717, 1.165) is 28.8 Å². The average molecular weight is 282 g/mol. The Morgan fingerprint density at radius 1 is 1.14 bits per heavy atom. The van der Waals surface area contributed by atoms with Crippen molar-refractivity contribution in [3.63, 3.8) is 0 Å². The van der Waals surface area contributed by atoms with Gasteiger partial charge in [-0.05, 0) is 49.9 Å². The molecule has 0 saturated heterocycles. The molecular formula is C18H22N2O. The zero-order valence-corrected chi connectivity index (χ0v) is 13.4. The van der Waals surface area contributed by atoms with Gasteiger partial charge < -0.3 is 4.98 Å². The first-order valence-electron chi connectivity index (χ1n) is 7.28. The van der Waals surface area contributed by atoms with Crippen molar-refractivity contribution in [1.29, 1.82) is 0 Å². The number of rotatable bonds is 3. The van der Waals surface area contributed by atoms with Crippen molar-refractivity contribution in [2.24, 2.45) is 4.99 Å². The maximum absolute atomic E-state index is 11.7. The number of benzene rings is 1. The molecule has 1 aromatic carbocycles. The molecule has 2 rings (SSSR count). The molecule has 2 aromatic rings. The standard InChI is InChI=1S/C18H22N2O/c1-6-15-7-8-16(20-18(15)14(5)21)19-17-12(3)9-11(2)10-13(17)4/h7-10H,6H2,1-5H3,(H,19,20). The number of aromatic nitrogens is 1. The Kier molecular flexibility index (Phi) is 4.41. The molecule has 0 bridgehead atoms. The van der Waals surface area contributed by atoms with Gasteiger partial charge in [0, 0.05) is 6.92 Å². The highest BCUT2D eigenvalue weighted by Gasteiger charge is 2.07. The number of aromatic amines is 1. The molecule has 0 spiro atoms. The van der Waals surface area contributed by atoms with Gasteiger partial charge in [-0.3, -0.25) is 4.79 Å². The molecule has 1 N–H and O–H groups in total. The van der Waals surface area contributed by atoms with E-state index in [9.17, 15) is 4.79 Å². The summed E-state index contributed by atoms with van der Waals surface area (Å²) in [5, 5.41) is 0. The molecule has 3 heteroatoms. The van der Waals surface area contributed by atoms with Gasteiger partial charge in [0.1, 0.15) is 5.49 Å². The molecule has 0 aliphatic carbocycles. The van der Waals surface area contributed by atoms with E-state index in [1.54, 1.807) is 6.92 Å². The first kappa shape index (κ1) is 15.2. The lowest BCUT2D eigenvalue weighted by Gasteiger charge is -2.08. The van der Waals surface area contributed by atoms with Crippen LogP contribution in [0.2, 0.25) is 0 Å². The van der Waals surface area contributed by atoms with Gasteiger partial charge in [0.25, 0.3) is 0 Å². The van der Waals surface area contributed by atoms with Gasteiger partial charge in [-0.25, -0.2) is 4.99 Å². The summed E-state index contributed by atoms with van der Waals surface area (Å²) < 4.78 is 0. The Labute approximate surface area is 125 Å². The van der Waals surface area contributed by atoms with Crippen LogP contribution in [0, 0.1) is 20.8 Å². The third kappa shape index (κ3) is 3.30. The molecule has 0 amide bonds. The minimum absolute atomic E-state index is 0.0428. The molecule has 0 unspecified atom stereocenters. The van der Waals surface area contributed by atoms with Gasteiger partial charge in [0.15, 0.2) is 5.78 Å². The Hall–Kier alpha value is -2.16. The first-order valence-corrected chi connectivity index (χ1v) is 7.28. The molecule has 1 heterocycles. The Morgan fingerprint density at radius 3 is 2.29 bits per heavy atom. The van der Waals surface area contributed by atoms with E-state index >= 15 is 0 Å². The van der Waals surface area contributed by atoms with Gasteiger partial charge >= 0.3 is 0 Å². The molecule has 3 nitrogen and oxygen atoms in total. The van der Waals surface area contributed by atoms with E-state index in [4.69, 9.17) is 4.99 Å². The number of nitrogens with zero attached hydrogens (tertiary/aromatic N) is 1. The number of nitrogens with one attached hydrogen (secondary N) is 1. The zero-order valence-electron chi connectivity index (χ0n) is 13.4. The number of carbonyl (C=O) groups excluding carboxylic acids is 1. The van der Waals surface area contributed by atoms with Gasteiger partial charge in [0.05, 0.1) is 11.4 Å². The minimum atomic E-state index is 0.0428. The summed E-state index contributed by atoms with van der Waals surface area (Å²) in [4.78, 5) is 19.6. The normalized spacial score (nSPS) is 11.8. The SMILES string of the molecule is CCc1ccc(=Nc2c(C)cc(C)cc2C)[nH]c1C(C)=O. The predicted octanol–water partition coefficient (Wildman–Crippen LogP) is 3.94. The Bertz CT molecular complexity index is 731. The van der Waals surface area contributed by atoms with E-state index in [-0.39, 0.29) is 5.78 Å². The second-order valence-corrected chi connectivity index (χ2v) is 5.51. The first-order chi connectivity index (χ1) is 9.92. The highest BCUT2D eigenvalue weighted by atomic mass is 16.1. The molecule has 0 fully saturated rings. The van der Waals surface area contributed by atoms with Crippen molar-refractivity contribution in [2.75, 3.05) is 0 Å². The van der Waals surface area contributed by atoms with Gasteiger partial charge in [-0.1, -0.05) is 30.7 Å².